The maximum atomic E-state index is 6.22. The number of hydrogen-bond acceptors (Lipinski definition) is 3. The van der Waals surface area contributed by atoms with E-state index in [9.17, 15) is 0 Å². The summed E-state index contributed by atoms with van der Waals surface area (Å²) >= 11 is 0. The number of nitrogens with two attached hydrogens (primary N) is 1. The molecule has 0 saturated carbocycles. The minimum atomic E-state index is -0.0145. The zero-order valence-corrected chi connectivity index (χ0v) is 12.4. The molecular formula is C16H19ClNO2-. The van der Waals surface area contributed by atoms with Gasteiger partial charge in [-0.25, -0.2) is 0 Å². The molecule has 0 aromatic heterocycles. The standard InChI is InChI=1S/C16H19NO2.ClH/c1-18-14-7-3-12(4-8-14)11-16(17)13-5-9-15(19-2)10-6-13;/h3-10,16H,11,17H2,1-2H3;1H/p-1. The average molecular weight is 293 g/mol. The van der Waals surface area contributed by atoms with Crippen LogP contribution < -0.4 is 27.6 Å². The topological polar surface area (TPSA) is 44.5 Å². The van der Waals surface area contributed by atoms with Crippen molar-refractivity contribution in [2.45, 2.75) is 12.5 Å². The summed E-state index contributed by atoms with van der Waals surface area (Å²) in [5.74, 6) is 1.71. The fourth-order valence-electron chi connectivity index (χ4n) is 1.98. The van der Waals surface area contributed by atoms with E-state index >= 15 is 0 Å². The van der Waals surface area contributed by atoms with Crippen LogP contribution in [0.3, 0.4) is 0 Å². The first kappa shape index (κ1) is 16.3. The Kier molecular flexibility index (Phi) is 6.36. The van der Waals surface area contributed by atoms with Crippen molar-refractivity contribution >= 4 is 0 Å². The summed E-state index contributed by atoms with van der Waals surface area (Å²) in [6, 6.07) is 15.9. The van der Waals surface area contributed by atoms with Gasteiger partial charge < -0.3 is 27.6 Å². The van der Waals surface area contributed by atoms with Gasteiger partial charge in [0, 0.05) is 6.04 Å². The molecule has 0 fully saturated rings. The highest BCUT2D eigenvalue weighted by Gasteiger charge is 2.07. The first-order chi connectivity index (χ1) is 9.22. The van der Waals surface area contributed by atoms with Crippen molar-refractivity contribution in [1.82, 2.24) is 0 Å². The minimum Gasteiger partial charge on any atom is -1.00 e. The molecule has 0 bridgehead atoms. The molecule has 20 heavy (non-hydrogen) atoms. The van der Waals surface area contributed by atoms with Gasteiger partial charge in [-0.05, 0) is 41.8 Å². The van der Waals surface area contributed by atoms with Crippen LogP contribution in [0.5, 0.6) is 11.5 Å². The zero-order chi connectivity index (χ0) is 13.7. The maximum absolute atomic E-state index is 6.22. The second kappa shape index (κ2) is 7.78. The summed E-state index contributed by atoms with van der Waals surface area (Å²) in [4.78, 5) is 0. The predicted octanol–water partition coefficient (Wildman–Crippen LogP) is -0.0497. The molecule has 0 radical (unpaired) electrons. The van der Waals surface area contributed by atoms with E-state index in [1.807, 2.05) is 48.5 Å². The lowest BCUT2D eigenvalue weighted by Gasteiger charge is -2.13. The average Bonchev–Trinajstić information content (AvgIpc) is 2.48. The zero-order valence-electron chi connectivity index (χ0n) is 11.7. The molecule has 0 saturated heterocycles. The van der Waals surface area contributed by atoms with Gasteiger partial charge in [0.05, 0.1) is 14.2 Å². The van der Waals surface area contributed by atoms with Crippen molar-refractivity contribution in [3.05, 3.63) is 59.7 Å². The second-order valence-electron chi connectivity index (χ2n) is 4.43. The first-order valence-electron chi connectivity index (χ1n) is 6.25. The SMILES string of the molecule is COc1ccc(CC(N)c2ccc(OC)cc2)cc1.[Cl-]. The van der Waals surface area contributed by atoms with Crippen LogP contribution in [0.15, 0.2) is 48.5 Å². The van der Waals surface area contributed by atoms with Crippen LogP contribution in [0, 0.1) is 0 Å². The van der Waals surface area contributed by atoms with Gasteiger partial charge in [-0.15, -0.1) is 0 Å². The Balaban J connectivity index is 0.00000200. The van der Waals surface area contributed by atoms with E-state index in [1.165, 1.54) is 5.56 Å². The molecule has 2 N–H and O–H groups in total. The van der Waals surface area contributed by atoms with E-state index < -0.39 is 0 Å². The summed E-state index contributed by atoms with van der Waals surface area (Å²) in [5, 5.41) is 0. The van der Waals surface area contributed by atoms with Gasteiger partial charge in [0.25, 0.3) is 0 Å². The molecule has 0 amide bonds. The van der Waals surface area contributed by atoms with E-state index in [-0.39, 0.29) is 18.4 Å². The molecule has 2 rings (SSSR count). The second-order valence-corrected chi connectivity index (χ2v) is 4.43. The quantitative estimate of drug-likeness (QED) is 0.840. The van der Waals surface area contributed by atoms with Gasteiger partial charge in [0.2, 0.25) is 0 Å². The van der Waals surface area contributed by atoms with Crippen molar-refractivity contribution in [2.75, 3.05) is 14.2 Å². The molecule has 1 atom stereocenters. The summed E-state index contributed by atoms with van der Waals surface area (Å²) in [7, 11) is 3.32. The van der Waals surface area contributed by atoms with Crippen LogP contribution >= 0.6 is 0 Å². The van der Waals surface area contributed by atoms with Crippen LogP contribution in [0.1, 0.15) is 17.2 Å². The Morgan fingerprint density at radius 1 is 0.850 bits per heavy atom. The van der Waals surface area contributed by atoms with E-state index in [2.05, 4.69) is 0 Å². The number of halogens is 1. The van der Waals surface area contributed by atoms with Crippen LogP contribution in [-0.2, 0) is 6.42 Å². The fourth-order valence-corrected chi connectivity index (χ4v) is 1.98. The van der Waals surface area contributed by atoms with Gasteiger partial charge in [-0.2, -0.15) is 0 Å². The number of hydrogen-bond donors (Lipinski definition) is 1. The highest BCUT2D eigenvalue weighted by Crippen LogP contribution is 2.20. The predicted molar refractivity (Wildman–Crippen MR) is 76.6 cm³/mol. The fraction of sp³-hybridized carbons (Fsp3) is 0.250. The first-order valence-corrected chi connectivity index (χ1v) is 6.25. The number of rotatable bonds is 5. The Hall–Kier alpha value is -1.71. The summed E-state index contributed by atoms with van der Waals surface area (Å²) in [5.41, 5.74) is 8.52. The summed E-state index contributed by atoms with van der Waals surface area (Å²) in [6.07, 6.45) is 0.802. The molecule has 0 aliphatic heterocycles. The molecule has 0 aliphatic rings. The Morgan fingerprint density at radius 3 is 1.75 bits per heavy atom. The van der Waals surface area contributed by atoms with Gasteiger partial charge in [-0.3, -0.25) is 0 Å². The molecular weight excluding hydrogens is 274 g/mol. The summed E-state index contributed by atoms with van der Waals surface area (Å²) < 4.78 is 10.3. The smallest absolute Gasteiger partial charge is 0.118 e. The molecule has 108 valence electrons. The van der Waals surface area contributed by atoms with Crippen LogP contribution in [0.25, 0.3) is 0 Å². The van der Waals surface area contributed by atoms with Gasteiger partial charge in [0.15, 0.2) is 0 Å². The molecule has 2 aromatic rings. The third kappa shape index (κ3) is 4.15. The van der Waals surface area contributed by atoms with E-state index in [0.717, 1.165) is 23.5 Å². The van der Waals surface area contributed by atoms with Gasteiger partial charge in [0.1, 0.15) is 11.5 Å². The lowest BCUT2D eigenvalue weighted by Crippen LogP contribution is -3.00. The normalized spacial score (nSPS) is 11.3. The van der Waals surface area contributed by atoms with E-state index in [0.29, 0.717) is 0 Å². The number of methoxy groups -OCH3 is 2. The highest BCUT2D eigenvalue weighted by atomic mass is 35.5. The van der Waals surface area contributed by atoms with E-state index in [1.54, 1.807) is 14.2 Å². The monoisotopic (exact) mass is 292 g/mol. The van der Waals surface area contributed by atoms with Gasteiger partial charge in [-0.1, -0.05) is 24.3 Å². The van der Waals surface area contributed by atoms with Crippen molar-refractivity contribution in [3.63, 3.8) is 0 Å². The van der Waals surface area contributed by atoms with Crippen molar-refractivity contribution < 1.29 is 21.9 Å². The molecule has 2 aromatic carbocycles. The molecule has 0 heterocycles. The van der Waals surface area contributed by atoms with Crippen molar-refractivity contribution in [1.29, 1.82) is 0 Å². The van der Waals surface area contributed by atoms with Crippen molar-refractivity contribution in [2.24, 2.45) is 5.73 Å². The lowest BCUT2D eigenvalue weighted by atomic mass is 9.99. The molecule has 0 aliphatic carbocycles. The van der Waals surface area contributed by atoms with Crippen LogP contribution in [-0.4, -0.2) is 14.2 Å². The third-order valence-corrected chi connectivity index (χ3v) is 3.16. The largest absolute Gasteiger partial charge is 1.00 e. The Morgan fingerprint density at radius 2 is 1.30 bits per heavy atom. The maximum Gasteiger partial charge on any atom is 0.118 e. The molecule has 3 nitrogen and oxygen atoms in total. The van der Waals surface area contributed by atoms with Gasteiger partial charge >= 0.3 is 0 Å². The molecule has 0 spiro atoms. The highest BCUT2D eigenvalue weighted by molar-refractivity contribution is 5.32. The Bertz CT molecular complexity index is 511. The van der Waals surface area contributed by atoms with Crippen molar-refractivity contribution in [3.8, 4) is 11.5 Å². The number of ether oxygens (including phenoxy) is 2. The number of benzene rings is 2. The summed E-state index contributed by atoms with van der Waals surface area (Å²) in [6.45, 7) is 0. The van der Waals surface area contributed by atoms with E-state index in [4.69, 9.17) is 15.2 Å². The van der Waals surface area contributed by atoms with Crippen LogP contribution in [0.2, 0.25) is 0 Å². The Labute approximate surface area is 126 Å². The minimum absolute atomic E-state index is 0. The van der Waals surface area contributed by atoms with Crippen LogP contribution in [0.4, 0.5) is 0 Å². The molecule has 1 unspecified atom stereocenters. The lowest BCUT2D eigenvalue weighted by molar-refractivity contribution is -0.00000463. The molecule has 4 heteroatoms. The third-order valence-electron chi connectivity index (χ3n) is 3.16.